The maximum atomic E-state index is 11.7. The molecule has 0 radical (unpaired) electrons. The smallest absolute Gasteiger partial charge is 0.408 e. The summed E-state index contributed by atoms with van der Waals surface area (Å²) >= 11 is 0. The number of benzene rings is 1. The molecule has 3 rings (SSSR count). The van der Waals surface area contributed by atoms with Crippen molar-refractivity contribution in [1.82, 2.24) is 4.57 Å². The lowest BCUT2D eigenvalue weighted by atomic mass is 9.96. The highest BCUT2D eigenvalue weighted by Gasteiger charge is 2.23. The number of hydrogen-bond donors (Lipinski definition) is 1. The second-order valence-corrected chi connectivity index (χ2v) is 5.27. The predicted molar refractivity (Wildman–Crippen MR) is 76.7 cm³/mol. The first-order valence-electron chi connectivity index (χ1n) is 7.21. The van der Waals surface area contributed by atoms with Crippen LogP contribution in [0.2, 0.25) is 0 Å². The third-order valence-corrected chi connectivity index (χ3v) is 4.01. The second-order valence-electron chi connectivity index (χ2n) is 5.27. The maximum absolute atomic E-state index is 11.7. The van der Waals surface area contributed by atoms with E-state index in [2.05, 4.69) is 0 Å². The third-order valence-electron chi connectivity index (χ3n) is 4.01. The molecule has 0 spiro atoms. The predicted octanol–water partition coefficient (Wildman–Crippen LogP) is 2.18. The molecule has 0 amide bonds. The first-order valence-corrected chi connectivity index (χ1v) is 7.21. The lowest BCUT2D eigenvalue weighted by Gasteiger charge is -2.28. The van der Waals surface area contributed by atoms with Crippen molar-refractivity contribution in [2.24, 2.45) is 5.73 Å². The number of fused-ring (bicyclic) bond motifs is 1. The Bertz CT molecular complexity index is 653. The Morgan fingerprint density at radius 2 is 2.30 bits per heavy atom. The van der Waals surface area contributed by atoms with Crippen molar-refractivity contribution >= 4 is 11.1 Å². The van der Waals surface area contributed by atoms with Crippen LogP contribution in [-0.2, 0) is 11.3 Å². The molecular formula is C15H20N2O3. The molecule has 2 heterocycles. The SMILES string of the molecule is CCn1c(=O)oc2cc(C(N)C3CCCCO3)ccc21. The van der Waals surface area contributed by atoms with Crippen molar-refractivity contribution in [3.8, 4) is 0 Å². The van der Waals surface area contributed by atoms with E-state index >= 15 is 0 Å². The van der Waals surface area contributed by atoms with Gasteiger partial charge in [-0.15, -0.1) is 0 Å². The normalized spacial score (nSPS) is 21.2. The van der Waals surface area contributed by atoms with Crippen molar-refractivity contribution in [2.45, 2.75) is 44.9 Å². The van der Waals surface area contributed by atoms with Crippen LogP contribution in [0.5, 0.6) is 0 Å². The third kappa shape index (κ3) is 2.27. The molecule has 0 saturated carbocycles. The van der Waals surface area contributed by atoms with Crippen LogP contribution in [0.3, 0.4) is 0 Å². The minimum absolute atomic E-state index is 0.0567. The first kappa shape index (κ1) is 13.4. The minimum atomic E-state index is -0.317. The first-order chi connectivity index (χ1) is 9.70. The topological polar surface area (TPSA) is 70.4 Å². The number of oxazole rings is 1. The molecule has 1 aliphatic heterocycles. The number of rotatable bonds is 3. The molecule has 1 aliphatic rings. The minimum Gasteiger partial charge on any atom is -0.408 e. The Kier molecular flexibility index (Phi) is 3.63. The molecule has 5 heteroatoms. The van der Waals surface area contributed by atoms with E-state index in [1.165, 1.54) is 0 Å². The highest BCUT2D eigenvalue weighted by Crippen LogP contribution is 2.26. The monoisotopic (exact) mass is 276 g/mol. The van der Waals surface area contributed by atoms with Gasteiger partial charge in [0, 0.05) is 13.2 Å². The molecule has 2 aromatic rings. The average molecular weight is 276 g/mol. The van der Waals surface area contributed by atoms with Gasteiger partial charge in [0.1, 0.15) is 0 Å². The van der Waals surface area contributed by atoms with E-state index in [-0.39, 0.29) is 17.9 Å². The molecular weight excluding hydrogens is 256 g/mol. The van der Waals surface area contributed by atoms with E-state index < -0.39 is 0 Å². The van der Waals surface area contributed by atoms with Crippen molar-refractivity contribution in [3.63, 3.8) is 0 Å². The van der Waals surface area contributed by atoms with Crippen LogP contribution in [0.15, 0.2) is 27.4 Å². The van der Waals surface area contributed by atoms with Gasteiger partial charge in [0.25, 0.3) is 0 Å². The fourth-order valence-electron chi connectivity index (χ4n) is 2.85. The van der Waals surface area contributed by atoms with Crippen molar-refractivity contribution in [1.29, 1.82) is 0 Å². The lowest BCUT2D eigenvalue weighted by Crippen LogP contribution is -2.31. The van der Waals surface area contributed by atoms with Gasteiger partial charge in [0.15, 0.2) is 5.58 Å². The fraction of sp³-hybridized carbons (Fsp3) is 0.533. The summed E-state index contributed by atoms with van der Waals surface area (Å²) in [5, 5.41) is 0. The van der Waals surface area contributed by atoms with Gasteiger partial charge >= 0.3 is 5.76 Å². The molecule has 1 saturated heterocycles. The number of nitrogens with zero attached hydrogens (tertiary/aromatic N) is 1. The van der Waals surface area contributed by atoms with Crippen LogP contribution < -0.4 is 11.5 Å². The van der Waals surface area contributed by atoms with Gasteiger partial charge in [-0.3, -0.25) is 4.57 Å². The van der Waals surface area contributed by atoms with E-state index in [0.717, 1.165) is 36.9 Å². The zero-order valence-electron chi connectivity index (χ0n) is 11.7. The Labute approximate surface area is 117 Å². The van der Waals surface area contributed by atoms with Crippen molar-refractivity contribution in [2.75, 3.05) is 6.61 Å². The molecule has 2 atom stereocenters. The average Bonchev–Trinajstić information content (AvgIpc) is 2.81. The molecule has 1 fully saturated rings. The zero-order valence-corrected chi connectivity index (χ0v) is 11.7. The summed E-state index contributed by atoms with van der Waals surface area (Å²) in [6.45, 7) is 3.30. The van der Waals surface area contributed by atoms with Gasteiger partial charge < -0.3 is 14.9 Å². The quantitative estimate of drug-likeness (QED) is 0.932. The largest absolute Gasteiger partial charge is 0.419 e. The molecule has 0 aliphatic carbocycles. The summed E-state index contributed by atoms with van der Waals surface area (Å²) in [6, 6.07) is 5.56. The molecule has 108 valence electrons. The zero-order chi connectivity index (χ0) is 14.1. The molecule has 1 aromatic heterocycles. The molecule has 20 heavy (non-hydrogen) atoms. The Morgan fingerprint density at radius 1 is 1.45 bits per heavy atom. The molecule has 0 bridgehead atoms. The number of hydrogen-bond acceptors (Lipinski definition) is 4. The standard InChI is InChI=1S/C15H20N2O3/c1-2-17-11-7-6-10(9-13(11)20-15(17)18)14(16)12-5-3-4-8-19-12/h6-7,9,12,14H,2-5,8,16H2,1H3. The van der Waals surface area contributed by atoms with Crippen LogP contribution in [0.4, 0.5) is 0 Å². The number of aryl methyl sites for hydroxylation is 1. The van der Waals surface area contributed by atoms with Gasteiger partial charge in [0.2, 0.25) is 0 Å². The fourth-order valence-corrected chi connectivity index (χ4v) is 2.85. The lowest BCUT2D eigenvalue weighted by molar-refractivity contribution is 0.0000273. The highest BCUT2D eigenvalue weighted by molar-refractivity contribution is 5.74. The maximum Gasteiger partial charge on any atom is 0.419 e. The van der Waals surface area contributed by atoms with Gasteiger partial charge in [-0.2, -0.15) is 0 Å². The molecule has 5 nitrogen and oxygen atoms in total. The second kappa shape index (κ2) is 5.42. The Hall–Kier alpha value is -1.59. The van der Waals surface area contributed by atoms with Gasteiger partial charge in [-0.25, -0.2) is 4.79 Å². The Balaban J connectivity index is 1.94. The van der Waals surface area contributed by atoms with E-state index in [9.17, 15) is 4.79 Å². The summed E-state index contributed by atoms with van der Waals surface area (Å²) in [7, 11) is 0. The van der Waals surface area contributed by atoms with Gasteiger partial charge in [-0.05, 0) is 43.9 Å². The van der Waals surface area contributed by atoms with Crippen molar-refractivity contribution < 1.29 is 9.15 Å². The van der Waals surface area contributed by atoms with E-state index in [1.54, 1.807) is 4.57 Å². The summed E-state index contributed by atoms with van der Waals surface area (Å²) in [6.07, 6.45) is 3.30. The number of aromatic nitrogens is 1. The molecule has 2 N–H and O–H groups in total. The molecule has 1 aromatic carbocycles. The van der Waals surface area contributed by atoms with E-state index in [4.69, 9.17) is 14.9 Å². The van der Waals surface area contributed by atoms with Crippen LogP contribution in [0.1, 0.15) is 37.8 Å². The highest BCUT2D eigenvalue weighted by atomic mass is 16.5. The summed E-state index contributed by atoms with van der Waals surface area (Å²) in [5.41, 5.74) is 8.66. The van der Waals surface area contributed by atoms with Gasteiger partial charge in [-0.1, -0.05) is 6.07 Å². The van der Waals surface area contributed by atoms with E-state index in [1.807, 2.05) is 25.1 Å². The van der Waals surface area contributed by atoms with Crippen LogP contribution in [-0.4, -0.2) is 17.3 Å². The van der Waals surface area contributed by atoms with Crippen LogP contribution in [0, 0.1) is 0 Å². The van der Waals surface area contributed by atoms with Gasteiger partial charge in [0.05, 0.1) is 17.7 Å². The van der Waals surface area contributed by atoms with Crippen LogP contribution >= 0.6 is 0 Å². The Morgan fingerprint density at radius 3 is 3.00 bits per heavy atom. The summed E-state index contributed by atoms with van der Waals surface area (Å²) < 4.78 is 12.6. The van der Waals surface area contributed by atoms with E-state index in [0.29, 0.717) is 12.1 Å². The number of ether oxygens (including phenoxy) is 1. The summed E-state index contributed by atoms with van der Waals surface area (Å²) in [4.78, 5) is 11.7. The van der Waals surface area contributed by atoms with Crippen molar-refractivity contribution in [3.05, 3.63) is 34.3 Å². The van der Waals surface area contributed by atoms with Crippen LogP contribution in [0.25, 0.3) is 11.1 Å². The number of nitrogens with two attached hydrogens (primary N) is 1. The molecule has 2 unspecified atom stereocenters. The summed E-state index contributed by atoms with van der Waals surface area (Å²) in [5.74, 6) is -0.317.